The van der Waals surface area contributed by atoms with Gasteiger partial charge in [-0.2, -0.15) is 28.2 Å². The van der Waals surface area contributed by atoms with E-state index in [4.69, 9.17) is 0 Å². The molecule has 0 unspecified atom stereocenters. The predicted octanol–water partition coefficient (Wildman–Crippen LogP) is -1.79. The van der Waals surface area contributed by atoms with E-state index in [2.05, 4.69) is 68.6 Å². The van der Waals surface area contributed by atoms with E-state index in [1.807, 2.05) is 26.0 Å². The van der Waals surface area contributed by atoms with E-state index in [9.17, 15) is 16.8 Å². The van der Waals surface area contributed by atoms with Gasteiger partial charge in [0, 0.05) is 9.79 Å². The van der Waals surface area contributed by atoms with Crippen molar-refractivity contribution < 1.29 is 110 Å². The fourth-order valence-corrected chi connectivity index (χ4v) is 7.66. The molecular weight excluding hydrogens is 926 g/mol. The van der Waals surface area contributed by atoms with Crippen LogP contribution in [0.2, 0.25) is 0 Å². The van der Waals surface area contributed by atoms with E-state index < -0.39 is 20.0 Å². The van der Waals surface area contributed by atoms with Crippen LogP contribution in [0.4, 0.5) is 0 Å². The van der Waals surface area contributed by atoms with Crippen molar-refractivity contribution in [2.75, 3.05) is 41.3 Å². The van der Waals surface area contributed by atoms with Crippen molar-refractivity contribution in [3.8, 4) is 0 Å². The standard InChI is InChI=1S/2C19H20NO2S.2C2H6N.4ClH.2Ti/c2*1-15-8-12-18(13-9-15)23(21,22)20-14-4-6-17-11-10-16-5-2-3-7-19(16)17;2*1-3-2;;;;;;/h2*2-3,5,7-9,11-13H,4,6,10,14H2,1H3;2*1-2H3;4*1H;;/q4*-1;;;;;2*+4/p-4. The van der Waals surface area contributed by atoms with Crippen LogP contribution >= 0.6 is 0 Å². The summed E-state index contributed by atoms with van der Waals surface area (Å²) in [4.78, 5) is 0.544. The molecule has 0 saturated carbocycles. The summed E-state index contributed by atoms with van der Waals surface area (Å²) in [6.45, 7) is 4.52. The number of rotatable bonds is 12. The van der Waals surface area contributed by atoms with Crippen LogP contribution in [-0.4, -0.2) is 58.1 Å². The SMILES string of the molecule is C[N-]C.C[N-]C.Cc1ccc(S(=O)(=O)[N-]CCCC2=CCc3ccccc32)cc1.Cc1ccc(S(=O)(=O)[N-]CCCC2=CCc3ccccc32)cc1.[Cl-].[Cl-].[Cl-].[Cl-].[Ti+4].[Ti+4]. The average Bonchev–Trinajstić information content (AvgIpc) is 3.74. The molecule has 4 aromatic carbocycles. The second-order valence-corrected chi connectivity index (χ2v) is 15.9. The Balaban J connectivity index is -0.000000405. The number of nitrogens with zero attached hydrogens (tertiary/aromatic N) is 4. The van der Waals surface area contributed by atoms with Gasteiger partial charge in [-0.1, -0.05) is 109 Å². The normalized spacial score (nSPS) is 11.5. The molecule has 4 aromatic rings. The van der Waals surface area contributed by atoms with Gasteiger partial charge in [0.05, 0.1) is 0 Å². The van der Waals surface area contributed by atoms with Gasteiger partial charge in [-0.05, 0) is 97.2 Å². The molecule has 0 spiro atoms. The van der Waals surface area contributed by atoms with Crippen molar-refractivity contribution >= 4 is 31.2 Å². The maximum absolute atomic E-state index is 12.2. The Labute approximate surface area is 403 Å². The molecule has 0 aliphatic heterocycles. The number of hydrogen-bond donors (Lipinski definition) is 0. The third-order valence-corrected chi connectivity index (χ3v) is 11.0. The summed E-state index contributed by atoms with van der Waals surface area (Å²) in [5, 5.41) is 7.00. The van der Waals surface area contributed by atoms with Crippen LogP contribution in [0.15, 0.2) is 119 Å². The Bertz CT molecular complexity index is 1860. The summed E-state index contributed by atoms with van der Waals surface area (Å²) in [5.74, 6) is 0. The van der Waals surface area contributed by atoms with Crippen molar-refractivity contribution in [1.82, 2.24) is 0 Å². The first-order chi connectivity index (χ1) is 24.9. The van der Waals surface area contributed by atoms with Crippen LogP contribution in [0.1, 0.15) is 59.1 Å². The topological polar surface area (TPSA) is 125 Å². The summed E-state index contributed by atoms with van der Waals surface area (Å²) in [6, 6.07) is 30.4. The van der Waals surface area contributed by atoms with Gasteiger partial charge in [-0.15, -0.1) is 13.1 Å². The van der Waals surface area contributed by atoms with Crippen molar-refractivity contribution in [3.05, 3.63) is 163 Å². The average molecular weight is 979 g/mol. The Morgan fingerprint density at radius 3 is 1.09 bits per heavy atom. The van der Waals surface area contributed by atoms with Gasteiger partial charge in [0.1, 0.15) is 20.0 Å². The maximum Gasteiger partial charge on any atom is 4.00 e. The van der Waals surface area contributed by atoms with Gasteiger partial charge >= 0.3 is 43.4 Å². The molecule has 16 heteroatoms. The number of hydrogen-bond acceptors (Lipinski definition) is 4. The first-order valence-electron chi connectivity index (χ1n) is 17.5. The molecule has 6 rings (SSSR count). The zero-order valence-electron chi connectivity index (χ0n) is 33.8. The molecule has 0 N–H and O–H groups in total. The summed E-state index contributed by atoms with van der Waals surface area (Å²) in [6.07, 6.45) is 9.64. The van der Waals surface area contributed by atoms with Crippen LogP contribution in [0.3, 0.4) is 0 Å². The van der Waals surface area contributed by atoms with Crippen molar-refractivity contribution in [2.24, 2.45) is 0 Å². The largest absolute Gasteiger partial charge is 4.00 e. The van der Waals surface area contributed by atoms with Gasteiger partial charge in [0.15, 0.2) is 0 Å². The van der Waals surface area contributed by atoms with Gasteiger partial charge in [-0.3, -0.25) is 0 Å². The number of benzene rings is 4. The maximum atomic E-state index is 12.2. The molecule has 312 valence electrons. The zero-order chi connectivity index (χ0) is 38.0. The molecule has 0 radical (unpaired) electrons. The second kappa shape index (κ2) is 33.3. The molecule has 0 saturated heterocycles. The van der Waals surface area contributed by atoms with Crippen molar-refractivity contribution in [1.29, 1.82) is 0 Å². The van der Waals surface area contributed by atoms with Gasteiger partial charge < -0.3 is 69.7 Å². The fourth-order valence-electron chi connectivity index (χ4n) is 5.66. The van der Waals surface area contributed by atoms with Crippen LogP contribution in [-0.2, 0) is 76.3 Å². The molecule has 2 aliphatic rings. The van der Waals surface area contributed by atoms with Crippen molar-refractivity contribution in [3.63, 3.8) is 0 Å². The Morgan fingerprint density at radius 2 is 0.776 bits per heavy atom. The molecule has 0 amide bonds. The third-order valence-electron chi connectivity index (χ3n) is 8.23. The Hall–Kier alpha value is -1.31. The molecule has 0 fully saturated rings. The van der Waals surface area contributed by atoms with Gasteiger partial charge in [0.2, 0.25) is 0 Å². The first kappa shape index (κ1) is 63.3. The summed E-state index contributed by atoms with van der Waals surface area (Å²) in [5.41, 5.74) is 10.00. The minimum atomic E-state index is -3.53. The molecule has 0 bridgehead atoms. The number of allylic oxidation sites excluding steroid dienone is 4. The molecule has 0 heterocycles. The minimum absolute atomic E-state index is 0. The first-order valence-corrected chi connectivity index (χ1v) is 20.3. The number of sulfonamides is 2. The minimum Gasteiger partial charge on any atom is -1.00 e. The van der Waals surface area contributed by atoms with Crippen LogP contribution in [0, 0.1) is 13.8 Å². The van der Waals surface area contributed by atoms with E-state index in [0.29, 0.717) is 13.1 Å². The zero-order valence-corrected chi connectivity index (χ0v) is 41.6. The molecule has 0 atom stereocenters. The van der Waals surface area contributed by atoms with E-state index in [0.717, 1.165) is 49.7 Å². The van der Waals surface area contributed by atoms with Crippen molar-refractivity contribution in [2.45, 2.75) is 62.2 Å². The summed E-state index contributed by atoms with van der Waals surface area (Å²) >= 11 is 0. The summed E-state index contributed by atoms with van der Waals surface area (Å²) < 4.78 is 56.5. The molecule has 8 nitrogen and oxygen atoms in total. The van der Waals surface area contributed by atoms with Crippen LogP contribution in [0.25, 0.3) is 31.2 Å². The van der Waals surface area contributed by atoms with Crippen LogP contribution in [0.5, 0.6) is 0 Å². The van der Waals surface area contributed by atoms with E-state index in [-0.39, 0.29) is 103 Å². The molecular formula is C42H52Cl4N4O4S2Ti2. The van der Waals surface area contributed by atoms with Crippen LogP contribution < -0.4 is 49.6 Å². The third kappa shape index (κ3) is 21.0. The van der Waals surface area contributed by atoms with Gasteiger partial charge in [-0.25, -0.2) is 16.8 Å². The molecule has 58 heavy (non-hydrogen) atoms. The van der Waals surface area contributed by atoms with Gasteiger partial charge in [0.25, 0.3) is 0 Å². The van der Waals surface area contributed by atoms with E-state index >= 15 is 0 Å². The van der Waals surface area contributed by atoms with E-state index in [1.165, 1.54) is 33.4 Å². The molecule has 0 aromatic heterocycles. The Kier molecular flexibility index (Phi) is 36.4. The second-order valence-electron chi connectivity index (χ2n) is 12.6. The number of fused-ring (bicyclic) bond motifs is 2. The van der Waals surface area contributed by atoms with E-state index in [1.54, 1.807) is 76.7 Å². The summed E-state index contributed by atoms with van der Waals surface area (Å²) in [7, 11) is -0.0556. The smallest absolute Gasteiger partial charge is 1.00 e. The Morgan fingerprint density at radius 1 is 0.483 bits per heavy atom. The number of aryl methyl sites for hydroxylation is 2. The fraction of sp³-hybridized carbons (Fsp3) is 0.333. The predicted molar refractivity (Wildman–Crippen MR) is 218 cm³/mol. The molecule has 2 aliphatic carbocycles. The monoisotopic (exact) mass is 976 g/mol. The quantitative estimate of drug-likeness (QED) is 0.123. The number of halogens is 4.